The standard InChI is InChI=1S/C16H26N2O3/c1-17-7-6-13-9-18(11-16(13,10-17)15(20)21)14(19)8-12-4-2-3-5-12/h12-13H,2-11H2,1H3,(H,20,21)/t13-,16-/m0/s1. The van der Waals surface area contributed by atoms with Gasteiger partial charge in [0.1, 0.15) is 5.41 Å². The van der Waals surface area contributed by atoms with Crippen LogP contribution in [0.1, 0.15) is 38.5 Å². The molecule has 0 aromatic heterocycles. The van der Waals surface area contributed by atoms with Gasteiger partial charge in [-0.05, 0) is 44.7 Å². The summed E-state index contributed by atoms with van der Waals surface area (Å²) in [6.45, 7) is 2.55. The van der Waals surface area contributed by atoms with Crippen LogP contribution < -0.4 is 0 Å². The molecule has 3 fully saturated rings. The molecule has 3 aliphatic rings. The van der Waals surface area contributed by atoms with Gasteiger partial charge in [0.05, 0.1) is 0 Å². The van der Waals surface area contributed by atoms with E-state index in [9.17, 15) is 14.7 Å². The minimum absolute atomic E-state index is 0.124. The molecule has 2 atom stereocenters. The number of carbonyl (C=O) groups excluding carboxylic acids is 1. The van der Waals surface area contributed by atoms with Crippen molar-refractivity contribution >= 4 is 11.9 Å². The maximum absolute atomic E-state index is 12.5. The van der Waals surface area contributed by atoms with Gasteiger partial charge in [-0.1, -0.05) is 12.8 Å². The topological polar surface area (TPSA) is 60.9 Å². The number of nitrogens with zero attached hydrogens (tertiary/aromatic N) is 2. The molecule has 118 valence electrons. The smallest absolute Gasteiger partial charge is 0.313 e. The van der Waals surface area contributed by atoms with Gasteiger partial charge in [-0.2, -0.15) is 0 Å². The van der Waals surface area contributed by atoms with Crippen molar-refractivity contribution in [1.82, 2.24) is 9.80 Å². The van der Waals surface area contributed by atoms with Gasteiger partial charge in [-0.15, -0.1) is 0 Å². The number of hydrogen-bond acceptors (Lipinski definition) is 3. The first-order valence-corrected chi connectivity index (χ1v) is 8.21. The SMILES string of the molecule is CN1CC[C@H]2CN(C(=O)CC3CCCC3)C[C@@]2(C(=O)O)C1. The van der Waals surface area contributed by atoms with Crippen LogP contribution in [0, 0.1) is 17.3 Å². The average molecular weight is 294 g/mol. The van der Waals surface area contributed by atoms with E-state index in [2.05, 4.69) is 4.90 Å². The summed E-state index contributed by atoms with van der Waals surface area (Å²) < 4.78 is 0. The van der Waals surface area contributed by atoms with E-state index in [4.69, 9.17) is 0 Å². The van der Waals surface area contributed by atoms with Crippen LogP contribution >= 0.6 is 0 Å². The fourth-order valence-electron chi connectivity index (χ4n) is 4.55. The molecule has 0 radical (unpaired) electrons. The second-order valence-corrected chi connectivity index (χ2v) is 7.31. The molecule has 3 rings (SSSR count). The van der Waals surface area contributed by atoms with E-state index in [1.807, 2.05) is 11.9 Å². The van der Waals surface area contributed by atoms with Crippen molar-refractivity contribution in [2.24, 2.45) is 17.3 Å². The molecule has 0 aromatic carbocycles. The molecule has 0 unspecified atom stereocenters. The molecule has 1 aliphatic carbocycles. The summed E-state index contributed by atoms with van der Waals surface area (Å²) >= 11 is 0. The van der Waals surface area contributed by atoms with Gasteiger partial charge in [-0.25, -0.2) is 0 Å². The van der Waals surface area contributed by atoms with Crippen LogP contribution in [-0.2, 0) is 9.59 Å². The van der Waals surface area contributed by atoms with Crippen LogP contribution in [0.25, 0.3) is 0 Å². The zero-order valence-electron chi connectivity index (χ0n) is 12.9. The highest BCUT2D eigenvalue weighted by atomic mass is 16.4. The molecule has 0 bridgehead atoms. The summed E-state index contributed by atoms with van der Waals surface area (Å²) in [6.07, 6.45) is 6.31. The first-order valence-electron chi connectivity index (χ1n) is 8.21. The predicted octanol–water partition coefficient (Wildman–Crippen LogP) is 1.43. The fraction of sp³-hybridized carbons (Fsp3) is 0.875. The number of aliphatic carboxylic acids is 1. The Kier molecular flexibility index (Phi) is 3.95. The average Bonchev–Trinajstić information content (AvgIpc) is 3.05. The van der Waals surface area contributed by atoms with Gasteiger partial charge in [-0.3, -0.25) is 9.59 Å². The van der Waals surface area contributed by atoms with Crippen LogP contribution in [0.3, 0.4) is 0 Å². The number of likely N-dealkylation sites (tertiary alicyclic amines) is 2. The lowest BCUT2D eigenvalue weighted by atomic mass is 9.73. The van der Waals surface area contributed by atoms with Gasteiger partial charge >= 0.3 is 5.97 Å². The fourth-order valence-corrected chi connectivity index (χ4v) is 4.55. The summed E-state index contributed by atoms with van der Waals surface area (Å²) in [5, 5.41) is 9.74. The molecule has 1 N–H and O–H groups in total. The third-order valence-corrected chi connectivity index (χ3v) is 5.82. The molecule has 2 aliphatic heterocycles. The van der Waals surface area contributed by atoms with E-state index in [-0.39, 0.29) is 11.8 Å². The van der Waals surface area contributed by atoms with Crippen molar-refractivity contribution in [3.8, 4) is 0 Å². The number of carboxylic acid groups (broad SMARTS) is 1. The van der Waals surface area contributed by atoms with Gasteiger partial charge in [0.2, 0.25) is 5.91 Å². The second kappa shape index (κ2) is 5.59. The van der Waals surface area contributed by atoms with Crippen molar-refractivity contribution in [3.63, 3.8) is 0 Å². The number of rotatable bonds is 3. The molecule has 1 amide bonds. The minimum atomic E-state index is -0.738. The number of carbonyl (C=O) groups is 2. The number of hydrogen-bond donors (Lipinski definition) is 1. The zero-order valence-corrected chi connectivity index (χ0v) is 12.9. The summed E-state index contributed by atoms with van der Waals surface area (Å²) in [4.78, 5) is 28.3. The number of carboxylic acids is 1. The normalized spacial score (nSPS) is 34.1. The summed E-state index contributed by atoms with van der Waals surface area (Å²) in [6, 6.07) is 0. The second-order valence-electron chi connectivity index (χ2n) is 7.31. The highest BCUT2D eigenvalue weighted by molar-refractivity contribution is 5.81. The lowest BCUT2D eigenvalue weighted by molar-refractivity contribution is -0.154. The third-order valence-electron chi connectivity index (χ3n) is 5.82. The molecule has 2 saturated heterocycles. The lowest BCUT2D eigenvalue weighted by Crippen LogP contribution is -2.52. The third kappa shape index (κ3) is 2.68. The largest absolute Gasteiger partial charge is 0.481 e. The Morgan fingerprint density at radius 2 is 1.90 bits per heavy atom. The summed E-state index contributed by atoms with van der Waals surface area (Å²) in [5.41, 5.74) is -0.738. The van der Waals surface area contributed by atoms with E-state index in [0.29, 0.717) is 32.0 Å². The van der Waals surface area contributed by atoms with Crippen molar-refractivity contribution < 1.29 is 14.7 Å². The minimum Gasteiger partial charge on any atom is -0.481 e. The van der Waals surface area contributed by atoms with Crippen LogP contribution in [-0.4, -0.2) is 60.0 Å². The summed E-state index contributed by atoms with van der Waals surface area (Å²) in [7, 11) is 1.98. The first kappa shape index (κ1) is 14.8. The van der Waals surface area contributed by atoms with Gasteiger partial charge < -0.3 is 14.9 Å². The number of amides is 1. The van der Waals surface area contributed by atoms with Gasteiger partial charge in [0.15, 0.2) is 0 Å². The highest BCUT2D eigenvalue weighted by Crippen LogP contribution is 2.42. The Morgan fingerprint density at radius 3 is 2.57 bits per heavy atom. The Morgan fingerprint density at radius 1 is 1.19 bits per heavy atom. The quantitative estimate of drug-likeness (QED) is 0.855. The maximum atomic E-state index is 12.5. The Hall–Kier alpha value is -1.10. The summed E-state index contributed by atoms with van der Waals surface area (Å²) in [5.74, 6) is 0.108. The van der Waals surface area contributed by atoms with Crippen molar-refractivity contribution in [1.29, 1.82) is 0 Å². The molecule has 21 heavy (non-hydrogen) atoms. The number of piperidine rings is 1. The molecular formula is C16H26N2O3. The van der Waals surface area contributed by atoms with Crippen molar-refractivity contribution in [3.05, 3.63) is 0 Å². The molecule has 0 aromatic rings. The predicted molar refractivity (Wildman–Crippen MR) is 78.8 cm³/mol. The molecule has 5 nitrogen and oxygen atoms in total. The lowest BCUT2D eigenvalue weighted by Gasteiger charge is -2.39. The van der Waals surface area contributed by atoms with E-state index in [0.717, 1.165) is 25.8 Å². The Balaban J connectivity index is 1.69. The Bertz CT molecular complexity index is 433. The van der Waals surface area contributed by atoms with E-state index < -0.39 is 11.4 Å². The van der Waals surface area contributed by atoms with Crippen molar-refractivity contribution in [2.45, 2.75) is 38.5 Å². The van der Waals surface area contributed by atoms with Gasteiger partial charge in [0.25, 0.3) is 0 Å². The monoisotopic (exact) mass is 294 g/mol. The molecule has 2 heterocycles. The number of fused-ring (bicyclic) bond motifs is 1. The van der Waals surface area contributed by atoms with Crippen LogP contribution in [0.4, 0.5) is 0 Å². The Labute approximate surface area is 126 Å². The highest BCUT2D eigenvalue weighted by Gasteiger charge is 2.55. The molecular weight excluding hydrogens is 268 g/mol. The van der Waals surface area contributed by atoms with E-state index in [1.165, 1.54) is 12.8 Å². The zero-order chi connectivity index (χ0) is 15.0. The van der Waals surface area contributed by atoms with Crippen LogP contribution in [0.2, 0.25) is 0 Å². The molecule has 1 saturated carbocycles. The molecule has 5 heteroatoms. The first-order chi connectivity index (χ1) is 10.0. The van der Waals surface area contributed by atoms with Gasteiger partial charge in [0, 0.05) is 26.1 Å². The van der Waals surface area contributed by atoms with E-state index >= 15 is 0 Å². The van der Waals surface area contributed by atoms with Crippen LogP contribution in [0.5, 0.6) is 0 Å². The van der Waals surface area contributed by atoms with E-state index in [1.54, 1.807) is 0 Å². The van der Waals surface area contributed by atoms with Crippen molar-refractivity contribution in [2.75, 3.05) is 33.2 Å². The molecule has 0 spiro atoms. The van der Waals surface area contributed by atoms with Crippen LogP contribution in [0.15, 0.2) is 0 Å². The maximum Gasteiger partial charge on any atom is 0.313 e.